The van der Waals surface area contributed by atoms with Crippen LogP contribution in [0.5, 0.6) is 0 Å². The molecule has 1 fully saturated rings. The van der Waals surface area contributed by atoms with Gasteiger partial charge in [0.2, 0.25) is 5.91 Å². The third-order valence-electron chi connectivity index (χ3n) is 3.69. The van der Waals surface area contributed by atoms with Crippen molar-refractivity contribution in [1.29, 1.82) is 0 Å². The number of nitrogens with one attached hydrogen (secondary N) is 1. The van der Waals surface area contributed by atoms with Crippen LogP contribution in [0.3, 0.4) is 0 Å². The molecule has 2 heterocycles. The van der Waals surface area contributed by atoms with Gasteiger partial charge in [-0.2, -0.15) is 0 Å². The minimum absolute atomic E-state index is 0.0632. The van der Waals surface area contributed by atoms with Crippen molar-refractivity contribution in [3.8, 4) is 0 Å². The molecule has 1 unspecified atom stereocenters. The number of anilines is 2. The number of fused-ring (bicyclic) bond motifs is 3. The number of hydrogen-bond donors (Lipinski definition) is 1. The molecule has 2 aliphatic heterocycles. The predicted molar refractivity (Wildman–Crippen MR) is 74.2 cm³/mol. The normalized spacial score (nSPS) is 25.0. The first-order valence-corrected chi connectivity index (χ1v) is 8.14. The lowest BCUT2D eigenvalue weighted by molar-refractivity contribution is -0.116. The number of aryl methyl sites for hydroxylation is 1. The summed E-state index contributed by atoms with van der Waals surface area (Å²) < 4.78 is 23.5. The molecular formula is C13H16N2O3S. The molecule has 5 nitrogen and oxygen atoms in total. The number of benzene rings is 1. The maximum absolute atomic E-state index is 11.9. The summed E-state index contributed by atoms with van der Waals surface area (Å²) in [4.78, 5) is 13.9. The van der Waals surface area contributed by atoms with Crippen molar-refractivity contribution >= 4 is 27.1 Å². The zero-order valence-corrected chi connectivity index (χ0v) is 11.5. The van der Waals surface area contributed by atoms with Crippen molar-refractivity contribution in [3.63, 3.8) is 0 Å². The van der Waals surface area contributed by atoms with Crippen LogP contribution in [-0.4, -0.2) is 38.4 Å². The summed E-state index contributed by atoms with van der Waals surface area (Å²) >= 11 is 0. The van der Waals surface area contributed by atoms with Gasteiger partial charge in [0, 0.05) is 13.0 Å². The topological polar surface area (TPSA) is 66.5 Å². The number of nitrogens with zero attached hydrogens (tertiary/aromatic N) is 1. The molecule has 102 valence electrons. The van der Waals surface area contributed by atoms with Gasteiger partial charge < -0.3 is 10.2 Å². The van der Waals surface area contributed by atoms with Gasteiger partial charge in [-0.15, -0.1) is 0 Å². The molecule has 0 aromatic heterocycles. The Labute approximate surface area is 112 Å². The predicted octanol–water partition coefficient (Wildman–Crippen LogP) is 0.941. The van der Waals surface area contributed by atoms with Crippen LogP contribution in [0.4, 0.5) is 11.4 Å². The second kappa shape index (κ2) is 4.23. The van der Waals surface area contributed by atoms with Crippen molar-refractivity contribution < 1.29 is 13.2 Å². The Bertz CT molecular complexity index is 639. The fourth-order valence-corrected chi connectivity index (χ4v) is 4.31. The van der Waals surface area contributed by atoms with Gasteiger partial charge in [0.25, 0.3) is 0 Å². The van der Waals surface area contributed by atoms with Crippen LogP contribution in [0, 0.1) is 6.92 Å². The SMILES string of the molecule is Cc1ccc2c(c1)NC(=O)CC1CS(=O)(=O)CCN21. The average molecular weight is 280 g/mol. The molecule has 1 saturated heterocycles. The molecule has 3 rings (SSSR count). The Kier molecular flexibility index (Phi) is 2.78. The van der Waals surface area contributed by atoms with Gasteiger partial charge in [-0.25, -0.2) is 8.42 Å². The van der Waals surface area contributed by atoms with Crippen LogP contribution in [-0.2, 0) is 14.6 Å². The van der Waals surface area contributed by atoms with E-state index in [1.807, 2.05) is 30.0 Å². The highest BCUT2D eigenvalue weighted by Gasteiger charge is 2.35. The maximum Gasteiger partial charge on any atom is 0.226 e. The molecular weight excluding hydrogens is 264 g/mol. The summed E-state index contributed by atoms with van der Waals surface area (Å²) in [5.74, 6) is 0.107. The van der Waals surface area contributed by atoms with Crippen molar-refractivity contribution in [1.82, 2.24) is 0 Å². The summed E-state index contributed by atoms with van der Waals surface area (Å²) in [6.07, 6.45) is 0.229. The molecule has 1 aromatic carbocycles. The number of sulfone groups is 1. The lowest BCUT2D eigenvalue weighted by atomic mass is 10.1. The van der Waals surface area contributed by atoms with Crippen molar-refractivity contribution in [2.75, 3.05) is 28.3 Å². The van der Waals surface area contributed by atoms with E-state index in [2.05, 4.69) is 5.32 Å². The van der Waals surface area contributed by atoms with E-state index in [0.29, 0.717) is 6.54 Å². The number of rotatable bonds is 0. The lowest BCUT2D eigenvalue weighted by Crippen LogP contribution is -2.48. The van der Waals surface area contributed by atoms with Crippen molar-refractivity contribution in [2.45, 2.75) is 19.4 Å². The number of hydrogen-bond acceptors (Lipinski definition) is 4. The minimum atomic E-state index is -3.03. The van der Waals surface area contributed by atoms with E-state index in [-0.39, 0.29) is 29.9 Å². The Balaban J connectivity index is 2.06. The first kappa shape index (κ1) is 12.5. The van der Waals surface area contributed by atoms with Crippen LogP contribution in [0.25, 0.3) is 0 Å². The van der Waals surface area contributed by atoms with Gasteiger partial charge in [-0.3, -0.25) is 4.79 Å². The van der Waals surface area contributed by atoms with E-state index in [0.717, 1.165) is 16.9 Å². The van der Waals surface area contributed by atoms with Crippen LogP contribution < -0.4 is 10.2 Å². The van der Waals surface area contributed by atoms with Crippen LogP contribution in [0.1, 0.15) is 12.0 Å². The molecule has 0 aliphatic carbocycles. The molecule has 0 saturated carbocycles. The van der Waals surface area contributed by atoms with E-state index in [1.54, 1.807) is 0 Å². The van der Waals surface area contributed by atoms with E-state index in [4.69, 9.17) is 0 Å². The van der Waals surface area contributed by atoms with Crippen molar-refractivity contribution in [2.24, 2.45) is 0 Å². The Morgan fingerprint density at radius 1 is 1.37 bits per heavy atom. The zero-order valence-electron chi connectivity index (χ0n) is 10.7. The molecule has 1 N–H and O–H groups in total. The molecule has 6 heteroatoms. The van der Waals surface area contributed by atoms with E-state index in [9.17, 15) is 13.2 Å². The number of carbonyl (C=O) groups excluding carboxylic acids is 1. The standard InChI is InChI=1S/C13H16N2O3S/c1-9-2-3-12-11(6-9)14-13(16)7-10-8-19(17,18)5-4-15(10)12/h2-3,6,10H,4-5,7-8H2,1H3,(H,14,16). The van der Waals surface area contributed by atoms with Crippen LogP contribution >= 0.6 is 0 Å². The van der Waals surface area contributed by atoms with Crippen LogP contribution in [0.2, 0.25) is 0 Å². The van der Waals surface area contributed by atoms with E-state index < -0.39 is 9.84 Å². The highest BCUT2D eigenvalue weighted by Crippen LogP contribution is 2.34. The third-order valence-corrected chi connectivity index (χ3v) is 5.38. The zero-order chi connectivity index (χ0) is 13.6. The van der Waals surface area contributed by atoms with Gasteiger partial charge in [0.15, 0.2) is 9.84 Å². The van der Waals surface area contributed by atoms with Gasteiger partial charge in [-0.05, 0) is 24.6 Å². The molecule has 19 heavy (non-hydrogen) atoms. The molecule has 2 aliphatic rings. The van der Waals surface area contributed by atoms with Crippen LogP contribution in [0.15, 0.2) is 18.2 Å². The fourth-order valence-electron chi connectivity index (χ4n) is 2.79. The molecule has 1 amide bonds. The smallest absolute Gasteiger partial charge is 0.226 e. The Hall–Kier alpha value is -1.56. The van der Waals surface area contributed by atoms with E-state index >= 15 is 0 Å². The summed E-state index contributed by atoms with van der Waals surface area (Å²) in [6.45, 7) is 2.42. The van der Waals surface area contributed by atoms with Gasteiger partial charge in [-0.1, -0.05) is 6.07 Å². The third kappa shape index (κ3) is 2.32. The van der Waals surface area contributed by atoms with Gasteiger partial charge in [0.05, 0.1) is 28.9 Å². The summed E-state index contributed by atoms with van der Waals surface area (Å²) in [6, 6.07) is 5.62. The second-order valence-electron chi connectivity index (χ2n) is 5.23. The molecule has 1 aromatic rings. The number of carbonyl (C=O) groups is 1. The monoisotopic (exact) mass is 280 g/mol. The quantitative estimate of drug-likeness (QED) is 0.768. The largest absolute Gasteiger partial charge is 0.364 e. The number of amides is 1. The summed E-state index contributed by atoms with van der Waals surface area (Å²) in [5, 5.41) is 2.87. The highest BCUT2D eigenvalue weighted by molar-refractivity contribution is 7.91. The first-order valence-electron chi connectivity index (χ1n) is 6.32. The first-order chi connectivity index (χ1) is 8.94. The van der Waals surface area contributed by atoms with E-state index in [1.165, 1.54) is 0 Å². The highest BCUT2D eigenvalue weighted by atomic mass is 32.2. The summed E-state index contributed by atoms with van der Waals surface area (Å²) in [7, 11) is -3.03. The molecule has 0 spiro atoms. The Morgan fingerprint density at radius 3 is 2.95 bits per heavy atom. The average Bonchev–Trinajstić information content (AvgIpc) is 2.41. The van der Waals surface area contributed by atoms with Gasteiger partial charge in [0.1, 0.15) is 0 Å². The second-order valence-corrected chi connectivity index (χ2v) is 7.46. The molecule has 1 atom stereocenters. The fraction of sp³-hybridized carbons (Fsp3) is 0.462. The maximum atomic E-state index is 11.9. The molecule has 0 bridgehead atoms. The summed E-state index contributed by atoms with van der Waals surface area (Å²) in [5.41, 5.74) is 2.78. The van der Waals surface area contributed by atoms with Crippen molar-refractivity contribution in [3.05, 3.63) is 23.8 Å². The lowest BCUT2D eigenvalue weighted by Gasteiger charge is -2.35. The minimum Gasteiger partial charge on any atom is -0.364 e. The Morgan fingerprint density at radius 2 is 2.16 bits per heavy atom. The van der Waals surface area contributed by atoms with Gasteiger partial charge >= 0.3 is 0 Å². The molecule has 0 radical (unpaired) electrons.